The van der Waals surface area contributed by atoms with Gasteiger partial charge in [-0.25, -0.2) is 9.13 Å². The Morgan fingerprint density at radius 1 is 0.270 bits per heavy atom. The van der Waals surface area contributed by atoms with Crippen molar-refractivity contribution in [2.75, 3.05) is 39.6 Å². The number of carbonyl (C=O) groups is 4. The Bertz CT molecular complexity index is 1710. The smallest absolute Gasteiger partial charge is 0.462 e. The molecule has 0 rings (SSSR count). The molecular formula is C70H136O17P2. The molecule has 0 heterocycles. The van der Waals surface area contributed by atoms with Gasteiger partial charge in [0.1, 0.15) is 19.3 Å². The van der Waals surface area contributed by atoms with Crippen LogP contribution in [0.15, 0.2) is 0 Å². The maximum Gasteiger partial charge on any atom is 0.472 e. The fourth-order valence-electron chi connectivity index (χ4n) is 10.7. The second-order valence-electron chi connectivity index (χ2n) is 25.3. The van der Waals surface area contributed by atoms with Crippen LogP contribution >= 0.6 is 15.6 Å². The summed E-state index contributed by atoms with van der Waals surface area (Å²) in [5, 5.41) is 10.6. The molecular weight excluding hydrogens is 1170 g/mol. The highest BCUT2D eigenvalue weighted by molar-refractivity contribution is 7.47. The van der Waals surface area contributed by atoms with Crippen molar-refractivity contribution in [2.24, 2.45) is 0 Å². The predicted octanol–water partition coefficient (Wildman–Crippen LogP) is 20.3. The summed E-state index contributed by atoms with van der Waals surface area (Å²) >= 11 is 0. The lowest BCUT2D eigenvalue weighted by molar-refractivity contribution is -0.161. The molecule has 0 aliphatic rings. The quantitative estimate of drug-likeness (QED) is 0.0222. The predicted molar refractivity (Wildman–Crippen MR) is 359 cm³/mol. The van der Waals surface area contributed by atoms with Gasteiger partial charge in [0.05, 0.1) is 26.4 Å². The zero-order chi connectivity index (χ0) is 65.4. The molecule has 17 nitrogen and oxygen atoms in total. The van der Waals surface area contributed by atoms with E-state index < -0.39 is 97.5 Å². The van der Waals surface area contributed by atoms with Crippen molar-refractivity contribution in [2.45, 2.75) is 386 Å². The molecule has 2 unspecified atom stereocenters. The van der Waals surface area contributed by atoms with Crippen molar-refractivity contribution < 1.29 is 80.2 Å². The molecule has 0 saturated carbocycles. The number of phosphoric acid groups is 2. The van der Waals surface area contributed by atoms with Gasteiger partial charge in [0.2, 0.25) is 0 Å². The van der Waals surface area contributed by atoms with E-state index in [-0.39, 0.29) is 25.7 Å². The molecule has 0 bridgehead atoms. The van der Waals surface area contributed by atoms with Gasteiger partial charge in [-0.2, -0.15) is 0 Å². The molecule has 5 atom stereocenters. The Balaban J connectivity index is 5.08. The van der Waals surface area contributed by atoms with E-state index in [1.165, 1.54) is 199 Å². The topological polar surface area (TPSA) is 237 Å². The molecule has 0 aromatic rings. The van der Waals surface area contributed by atoms with E-state index in [9.17, 15) is 43.2 Å². The molecule has 0 amide bonds. The van der Waals surface area contributed by atoms with Crippen molar-refractivity contribution in [1.82, 2.24) is 0 Å². The maximum atomic E-state index is 13.0. The summed E-state index contributed by atoms with van der Waals surface area (Å²) < 4.78 is 68.1. The Labute approximate surface area is 543 Å². The molecule has 0 fully saturated rings. The van der Waals surface area contributed by atoms with Crippen LogP contribution in [0.25, 0.3) is 0 Å². The van der Waals surface area contributed by atoms with Crippen molar-refractivity contribution in [1.29, 1.82) is 0 Å². The molecule has 0 aliphatic carbocycles. The summed E-state index contributed by atoms with van der Waals surface area (Å²) in [6.07, 6.45) is 53.0. The lowest BCUT2D eigenvalue weighted by Crippen LogP contribution is -2.30. The maximum absolute atomic E-state index is 13.0. The van der Waals surface area contributed by atoms with E-state index in [0.29, 0.717) is 25.7 Å². The van der Waals surface area contributed by atoms with Crippen LogP contribution in [0.5, 0.6) is 0 Å². The van der Waals surface area contributed by atoms with Crippen LogP contribution in [-0.2, 0) is 65.4 Å². The largest absolute Gasteiger partial charge is 0.472 e. The van der Waals surface area contributed by atoms with Gasteiger partial charge in [0, 0.05) is 25.7 Å². The highest BCUT2D eigenvalue weighted by Gasteiger charge is 2.30. The van der Waals surface area contributed by atoms with Gasteiger partial charge in [0.15, 0.2) is 12.2 Å². The minimum absolute atomic E-state index is 0.106. The van der Waals surface area contributed by atoms with Crippen LogP contribution < -0.4 is 0 Å². The lowest BCUT2D eigenvalue weighted by Gasteiger charge is -2.21. The third kappa shape index (κ3) is 64.6. The Hall–Kier alpha value is -1.94. The van der Waals surface area contributed by atoms with Gasteiger partial charge < -0.3 is 33.8 Å². The molecule has 0 saturated heterocycles. The monoisotopic (exact) mass is 1310 g/mol. The number of ether oxygens (including phenoxy) is 4. The molecule has 89 heavy (non-hydrogen) atoms. The van der Waals surface area contributed by atoms with Gasteiger partial charge in [-0.15, -0.1) is 0 Å². The second-order valence-corrected chi connectivity index (χ2v) is 28.2. The molecule has 0 spiro atoms. The molecule has 0 aromatic heterocycles. The van der Waals surface area contributed by atoms with Crippen molar-refractivity contribution in [3.05, 3.63) is 0 Å². The van der Waals surface area contributed by atoms with Crippen LogP contribution in [0, 0.1) is 0 Å². The number of aliphatic hydroxyl groups is 1. The zero-order valence-electron chi connectivity index (χ0n) is 57.4. The normalized spacial score (nSPS) is 14.0. The van der Waals surface area contributed by atoms with E-state index in [4.69, 9.17) is 37.0 Å². The van der Waals surface area contributed by atoms with Gasteiger partial charge >= 0.3 is 39.5 Å². The summed E-state index contributed by atoms with van der Waals surface area (Å²) in [6, 6.07) is 0. The Morgan fingerprint density at radius 3 is 0.663 bits per heavy atom. The van der Waals surface area contributed by atoms with E-state index in [1.807, 2.05) is 0 Å². The third-order valence-corrected chi connectivity index (χ3v) is 18.3. The van der Waals surface area contributed by atoms with Gasteiger partial charge in [0.25, 0.3) is 0 Å². The number of carbonyl (C=O) groups excluding carboxylic acids is 4. The van der Waals surface area contributed by atoms with Crippen molar-refractivity contribution in [3.63, 3.8) is 0 Å². The van der Waals surface area contributed by atoms with Crippen LogP contribution in [-0.4, -0.2) is 96.7 Å². The number of esters is 4. The van der Waals surface area contributed by atoms with Crippen LogP contribution in [0.2, 0.25) is 0 Å². The molecule has 0 radical (unpaired) electrons. The molecule has 0 aromatic carbocycles. The lowest BCUT2D eigenvalue weighted by atomic mass is 10.0. The summed E-state index contributed by atoms with van der Waals surface area (Å²) in [5.74, 6) is -2.13. The summed E-state index contributed by atoms with van der Waals surface area (Å²) in [6.45, 7) is 4.89. The average Bonchev–Trinajstić information content (AvgIpc) is 3.61. The fourth-order valence-corrected chi connectivity index (χ4v) is 12.3. The SMILES string of the molecule is CCCCCCCCCCCCCCCCCCCCCCCCC(=O)O[C@H](COC(=O)CCCCCCCCCCC)COP(=O)(O)OC[C@@H](O)COP(=O)(O)OC[C@@H](COC(=O)CCCCCCCCCCC)OC(=O)CCCCCCCCCCC. The third-order valence-electron chi connectivity index (χ3n) is 16.4. The van der Waals surface area contributed by atoms with Crippen LogP contribution in [0.1, 0.15) is 368 Å². The Morgan fingerprint density at radius 2 is 0.449 bits per heavy atom. The number of phosphoric ester groups is 2. The summed E-state index contributed by atoms with van der Waals surface area (Å²) in [7, 11) is -9.89. The highest BCUT2D eigenvalue weighted by atomic mass is 31.2. The van der Waals surface area contributed by atoms with Gasteiger partial charge in [-0.1, -0.05) is 317 Å². The van der Waals surface area contributed by atoms with Gasteiger partial charge in [-0.3, -0.25) is 37.3 Å². The van der Waals surface area contributed by atoms with E-state index in [0.717, 1.165) is 89.9 Å². The molecule has 0 aliphatic heterocycles. The van der Waals surface area contributed by atoms with E-state index in [1.54, 1.807) is 0 Å². The first-order chi connectivity index (χ1) is 43.2. The van der Waals surface area contributed by atoms with E-state index >= 15 is 0 Å². The second kappa shape index (κ2) is 64.8. The van der Waals surface area contributed by atoms with E-state index in [2.05, 4.69) is 27.7 Å². The molecule has 19 heteroatoms. The molecule has 3 N–H and O–H groups in total. The van der Waals surface area contributed by atoms with Gasteiger partial charge in [-0.05, 0) is 25.7 Å². The summed E-state index contributed by atoms with van der Waals surface area (Å²) in [4.78, 5) is 72.3. The number of unbranched alkanes of at least 4 members (excludes halogenated alkanes) is 45. The van der Waals surface area contributed by atoms with Crippen molar-refractivity contribution >= 4 is 39.5 Å². The average molecular weight is 1310 g/mol. The minimum atomic E-state index is -4.95. The number of rotatable bonds is 71. The first kappa shape index (κ1) is 87.1. The highest BCUT2D eigenvalue weighted by Crippen LogP contribution is 2.45. The number of hydrogen-bond donors (Lipinski definition) is 3. The van der Waals surface area contributed by atoms with Crippen LogP contribution in [0.3, 0.4) is 0 Å². The number of hydrogen-bond acceptors (Lipinski definition) is 15. The first-order valence-electron chi connectivity index (χ1n) is 36.8. The van der Waals surface area contributed by atoms with Crippen molar-refractivity contribution in [3.8, 4) is 0 Å². The first-order valence-corrected chi connectivity index (χ1v) is 39.8. The minimum Gasteiger partial charge on any atom is -0.462 e. The Kier molecular flexibility index (Phi) is 63.3. The summed E-state index contributed by atoms with van der Waals surface area (Å²) in [5.41, 5.74) is 0. The van der Waals surface area contributed by atoms with Crippen LogP contribution in [0.4, 0.5) is 0 Å². The fraction of sp³-hybridized carbons (Fsp3) is 0.943. The number of aliphatic hydroxyl groups excluding tert-OH is 1. The standard InChI is InChI=1S/C70H136O17P2/c1-5-9-13-17-21-25-26-27-28-29-30-31-32-33-34-35-36-37-41-45-49-53-57-70(75)87-66(61-81-68(73)55-51-47-43-39-23-19-15-11-7-3)63-85-89(78,79)83-59-64(71)58-82-88(76,77)84-62-65(86-69(74)56-52-48-44-40-24-20-16-12-8-4)60-80-67(72)54-50-46-42-38-22-18-14-10-6-2/h64-66,71H,5-63H2,1-4H3,(H,76,77)(H,78,79)/t64-,65+,66+/m0/s1. The molecule has 528 valence electrons. The zero-order valence-corrected chi connectivity index (χ0v) is 59.2.